The number of rotatable bonds is 6. The SMILES string of the molecule is CCCCC(Oc1ccc(C#CC(=O)OC)cc1)c1ccccc1. The topological polar surface area (TPSA) is 35.5 Å². The predicted octanol–water partition coefficient (Wildman–Crippen LogP) is 4.52. The number of unbranched alkanes of at least 4 members (excludes halogenated alkanes) is 1. The molecule has 2 aromatic rings. The van der Waals surface area contributed by atoms with Gasteiger partial charge in [-0.1, -0.05) is 49.6 Å². The van der Waals surface area contributed by atoms with Crippen LogP contribution in [0.25, 0.3) is 0 Å². The lowest BCUT2D eigenvalue weighted by molar-refractivity contribution is -0.133. The van der Waals surface area contributed by atoms with E-state index in [0.717, 1.165) is 30.6 Å². The Labute approximate surface area is 143 Å². The smallest absolute Gasteiger partial charge is 0.384 e. The van der Waals surface area contributed by atoms with Gasteiger partial charge in [0.1, 0.15) is 11.9 Å². The van der Waals surface area contributed by atoms with E-state index in [4.69, 9.17) is 4.74 Å². The van der Waals surface area contributed by atoms with Crippen LogP contribution in [-0.4, -0.2) is 13.1 Å². The highest BCUT2D eigenvalue weighted by Crippen LogP contribution is 2.26. The summed E-state index contributed by atoms with van der Waals surface area (Å²) in [7, 11) is 1.31. The lowest BCUT2D eigenvalue weighted by Gasteiger charge is -2.19. The molecule has 0 saturated carbocycles. The largest absolute Gasteiger partial charge is 0.486 e. The highest BCUT2D eigenvalue weighted by Gasteiger charge is 2.12. The first-order chi connectivity index (χ1) is 11.7. The zero-order valence-corrected chi connectivity index (χ0v) is 14.1. The summed E-state index contributed by atoms with van der Waals surface area (Å²) in [5.74, 6) is 5.42. The van der Waals surface area contributed by atoms with Crippen molar-refractivity contribution in [2.75, 3.05) is 7.11 Å². The number of esters is 1. The third-order valence-electron chi connectivity index (χ3n) is 3.62. The predicted molar refractivity (Wildman–Crippen MR) is 94.7 cm³/mol. The molecule has 0 fully saturated rings. The molecule has 0 aliphatic carbocycles. The van der Waals surface area contributed by atoms with E-state index < -0.39 is 5.97 Å². The Balaban J connectivity index is 2.08. The second kappa shape index (κ2) is 9.42. The zero-order valence-electron chi connectivity index (χ0n) is 14.1. The average molecular weight is 322 g/mol. The minimum atomic E-state index is -0.543. The van der Waals surface area contributed by atoms with Crippen LogP contribution in [0.15, 0.2) is 54.6 Å². The van der Waals surface area contributed by atoms with Crippen LogP contribution in [0.1, 0.15) is 43.4 Å². The summed E-state index contributed by atoms with van der Waals surface area (Å²) >= 11 is 0. The van der Waals surface area contributed by atoms with Gasteiger partial charge in [-0.3, -0.25) is 0 Å². The molecule has 0 radical (unpaired) electrons. The van der Waals surface area contributed by atoms with Crippen molar-refractivity contribution in [3.8, 4) is 17.6 Å². The molecule has 124 valence electrons. The van der Waals surface area contributed by atoms with E-state index >= 15 is 0 Å². The molecule has 0 aliphatic rings. The molecule has 2 aromatic carbocycles. The van der Waals surface area contributed by atoms with Crippen LogP contribution in [0.5, 0.6) is 5.75 Å². The molecule has 0 aliphatic heterocycles. The first kappa shape index (κ1) is 17.6. The third kappa shape index (κ3) is 5.48. The quantitative estimate of drug-likeness (QED) is 0.579. The third-order valence-corrected chi connectivity index (χ3v) is 3.62. The average Bonchev–Trinajstić information content (AvgIpc) is 2.64. The van der Waals surface area contributed by atoms with Gasteiger partial charge in [-0.05, 0) is 42.7 Å². The van der Waals surface area contributed by atoms with E-state index in [1.165, 1.54) is 12.7 Å². The summed E-state index contributed by atoms with van der Waals surface area (Å²) in [6.07, 6.45) is 3.26. The minimum Gasteiger partial charge on any atom is -0.486 e. The molecule has 1 unspecified atom stereocenters. The van der Waals surface area contributed by atoms with Gasteiger partial charge < -0.3 is 9.47 Å². The summed E-state index contributed by atoms with van der Waals surface area (Å²) in [6.45, 7) is 2.18. The lowest BCUT2D eigenvalue weighted by atomic mass is 10.0. The number of benzene rings is 2. The molecular formula is C21H22O3. The fourth-order valence-corrected chi connectivity index (χ4v) is 2.31. The second-order valence-corrected chi connectivity index (χ2v) is 5.43. The van der Waals surface area contributed by atoms with Gasteiger partial charge in [0.05, 0.1) is 7.11 Å². The molecule has 0 heterocycles. The maximum Gasteiger partial charge on any atom is 0.384 e. The molecule has 0 spiro atoms. The van der Waals surface area contributed by atoms with Crippen molar-refractivity contribution in [1.82, 2.24) is 0 Å². The first-order valence-electron chi connectivity index (χ1n) is 8.14. The van der Waals surface area contributed by atoms with Crippen LogP contribution >= 0.6 is 0 Å². The van der Waals surface area contributed by atoms with Gasteiger partial charge in [0.15, 0.2) is 0 Å². The van der Waals surface area contributed by atoms with Crippen LogP contribution in [0.2, 0.25) is 0 Å². The lowest BCUT2D eigenvalue weighted by Crippen LogP contribution is -2.07. The highest BCUT2D eigenvalue weighted by atomic mass is 16.5. The number of hydrogen-bond donors (Lipinski definition) is 0. The Morgan fingerprint density at radius 3 is 2.42 bits per heavy atom. The molecule has 24 heavy (non-hydrogen) atoms. The minimum absolute atomic E-state index is 0.0400. The molecule has 0 bridgehead atoms. The second-order valence-electron chi connectivity index (χ2n) is 5.43. The fraction of sp³-hybridized carbons (Fsp3) is 0.286. The molecule has 0 N–H and O–H groups in total. The summed E-state index contributed by atoms with van der Waals surface area (Å²) in [6, 6.07) is 17.7. The highest BCUT2D eigenvalue weighted by molar-refractivity contribution is 5.88. The first-order valence-corrected chi connectivity index (χ1v) is 8.14. The molecule has 0 saturated heterocycles. The Morgan fingerprint density at radius 1 is 1.08 bits per heavy atom. The van der Waals surface area contributed by atoms with Crippen molar-refractivity contribution in [2.45, 2.75) is 32.3 Å². The maximum atomic E-state index is 11.0. The normalized spacial score (nSPS) is 11.1. The Bertz CT molecular complexity index is 693. The zero-order chi connectivity index (χ0) is 17.2. The van der Waals surface area contributed by atoms with Crippen molar-refractivity contribution >= 4 is 5.97 Å². The van der Waals surface area contributed by atoms with E-state index in [1.807, 2.05) is 42.5 Å². The number of carbonyl (C=O) groups is 1. The summed E-state index contributed by atoms with van der Waals surface area (Å²) in [4.78, 5) is 11.0. The van der Waals surface area contributed by atoms with Gasteiger partial charge in [-0.15, -0.1) is 0 Å². The molecule has 0 aromatic heterocycles. The van der Waals surface area contributed by atoms with E-state index in [-0.39, 0.29) is 6.10 Å². The van der Waals surface area contributed by atoms with E-state index in [2.05, 4.69) is 35.6 Å². The van der Waals surface area contributed by atoms with Gasteiger partial charge >= 0.3 is 5.97 Å². The Kier molecular flexibility index (Phi) is 6.91. The van der Waals surface area contributed by atoms with Crippen LogP contribution in [0, 0.1) is 11.8 Å². The van der Waals surface area contributed by atoms with Crippen molar-refractivity contribution in [3.63, 3.8) is 0 Å². The summed E-state index contributed by atoms with van der Waals surface area (Å²) < 4.78 is 10.7. The fourth-order valence-electron chi connectivity index (χ4n) is 2.31. The molecule has 3 nitrogen and oxygen atoms in total. The molecule has 1 atom stereocenters. The number of ether oxygens (including phenoxy) is 2. The monoisotopic (exact) mass is 322 g/mol. The van der Waals surface area contributed by atoms with E-state index in [0.29, 0.717) is 0 Å². The maximum absolute atomic E-state index is 11.0. The van der Waals surface area contributed by atoms with Crippen molar-refractivity contribution in [2.24, 2.45) is 0 Å². The van der Waals surface area contributed by atoms with Gasteiger partial charge in [0.2, 0.25) is 0 Å². The molecule has 3 heteroatoms. The van der Waals surface area contributed by atoms with Gasteiger partial charge in [0.25, 0.3) is 0 Å². The Morgan fingerprint density at radius 2 is 1.79 bits per heavy atom. The van der Waals surface area contributed by atoms with Crippen molar-refractivity contribution < 1.29 is 14.3 Å². The van der Waals surface area contributed by atoms with Crippen molar-refractivity contribution in [3.05, 3.63) is 65.7 Å². The summed E-state index contributed by atoms with van der Waals surface area (Å²) in [5.41, 5.74) is 1.93. The van der Waals surface area contributed by atoms with Crippen LogP contribution < -0.4 is 4.74 Å². The van der Waals surface area contributed by atoms with Crippen LogP contribution in [-0.2, 0) is 9.53 Å². The van der Waals surface area contributed by atoms with Crippen molar-refractivity contribution in [1.29, 1.82) is 0 Å². The van der Waals surface area contributed by atoms with Crippen LogP contribution in [0.4, 0.5) is 0 Å². The molecule has 0 amide bonds. The Hall–Kier alpha value is -2.73. The molecule has 2 rings (SSSR count). The summed E-state index contributed by atoms with van der Waals surface area (Å²) in [5, 5.41) is 0. The number of carbonyl (C=O) groups excluding carboxylic acids is 1. The van der Waals surface area contributed by atoms with E-state index in [1.54, 1.807) is 0 Å². The van der Waals surface area contributed by atoms with E-state index in [9.17, 15) is 4.79 Å². The van der Waals surface area contributed by atoms with Gasteiger partial charge in [-0.2, -0.15) is 0 Å². The molecular weight excluding hydrogens is 300 g/mol. The van der Waals surface area contributed by atoms with Gasteiger partial charge in [-0.25, -0.2) is 4.79 Å². The number of methoxy groups -OCH3 is 1. The standard InChI is InChI=1S/C21H22O3/c1-3-4-10-20(18-8-6-5-7-9-18)24-19-14-11-17(12-15-19)13-16-21(22)23-2/h5-9,11-12,14-15,20H,3-4,10H2,1-2H3. The van der Waals surface area contributed by atoms with Crippen LogP contribution in [0.3, 0.4) is 0 Å². The van der Waals surface area contributed by atoms with Gasteiger partial charge in [0, 0.05) is 11.5 Å². The number of hydrogen-bond acceptors (Lipinski definition) is 3.